The average molecular weight is 259 g/mol. The third-order valence-corrected chi connectivity index (χ3v) is 4.18. The van der Waals surface area contributed by atoms with E-state index in [4.69, 9.17) is 5.73 Å². The summed E-state index contributed by atoms with van der Waals surface area (Å²) in [5.74, 6) is -0.489. The molecule has 0 aliphatic rings. The van der Waals surface area contributed by atoms with Crippen LogP contribution in [0.5, 0.6) is 0 Å². The molecule has 0 fully saturated rings. The third kappa shape index (κ3) is 4.83. The van der Waals surface area contributed by atoms with Gasteiger partial charge in [0, 0.05) is 6.04 Å². The van der Waals surface area contributed by atoms with Crippen LogP contribution in [0.1, 0.15) is 24.5 Å². The zero-order chi connectivity index (χ0) is 13.1. The molecule has 1 aromatic carbocycles. The standard InChI is InChI=1S/C12H18FNO2S/c1-9-3-4-12(13)7-11(9)8-17(15,16)6-5-10(2)14/h3-4,7,10H,5-6,8,14H2,1-2H3. The van der Waals surface area contributed by atoms with Gasteiger partial charge < -0.3 is 5.73 Å². The Morgan fingerprint density at radius 2 is 2.06 bits per heavy atom. The Balaban J connectivity index is 2.79. The molecule has 0 radical (unpaired) electrons. The largest absolute Gasteiger partial charge is 0.328 e. The fraction of sp³-hybridized carbons (Fsp3) is 0.500. The maximum absolute atomic E-state index is 13.0. The molecule has 0 aliphatic heterocycles. The molecule has 1 rings (SSSR count). The van der Waals surface area contributed by atoms with Crippen LogP contribution in [-0.4, -0.2) is 20.2 Å². The summed E-state index contributed by atoms with van der Waals surface area (Å²) in [4.78, 5) is 0. The van der Waals surface area contributed by atoms with E-state index in [0.717, 1.165) is 5.56 Å². The molecule has 0 saturated carbocycles. The van der Waals surface area contributed by atoms with Crippen molar-refractivity contribution in [1.82, 2.24) is 0 Å². The SMILES string of the molecule is Cc1ccc(F)cc1CS(=O)(=O)CCC(C)N. The number of rotatable bonds is 5. The first kappa shape index (κ1) is 14.1. The maximum atomic E-state index is 13.0. The van der Waals surface area contributed by atoms with Gasteiger partial charge in [-0.2, -0.15) is 0 Å². The molecule has 1 aromatic rings. The molecule has 0 aliphatic carbocycles. The van der Waals surface area contributed by atoms with Gasteiger partial charge in [0.05, 0.1) is 11.5 Å². The van der Waals surface area contributed by atoms with E-state index in [1.54, 1.807) is 19.9 Å². The third-order valence-electron chi connectivity index (χ3n) is 2.57. The summed E-state index contributed by atoms with van der Waals surface area (Å²) in [6, 6.07) is 4.05. The van der Waals surface area contributed by atoms with Crippen molar-refractivity contribution in [2.24, 2.45) is 5.73 Å². The van der Waals surface area contributed by atoms with E-state index >= 15 is 0 Å². The van der Waals surface area contributed by atoms with Gasteiger partial charge in [-0.1, -0.05) is 6.07 Å². The van der Waals surface area contributed by atoms with Crippen molar-refractivity contribution >= 4 is 9.84 Å². The Morgan fingerprint density at radius 3 is 2.65 bits per heavy atom. The lowest BCUT2D eigenvalue weighted by Crippen LogP contribution is -2.21. The Labute approximate surface area is 102 Å². The molecule has 0 aromatic heterocycles. The minimum absolute atomic E-state index is 0.0423. The molecular weight excluding hydrogens is 241 g/mol. The van der Waals surface area contributed by atoms with Gasteiger partial charge in [0.2, 0.25) is 0 Å². The summed E-state index contributed by atoms with van der Waals surface area (Å²) in [5.41, 5.74) is 6.83. The van der Waals surface area contributed by atoms with Crippen LogP contribution >= 0.6 is 0 Å². The molecule has 17 heavy (non-hydrogen) atoms. The van der Waals surface area contributed by atoms with E-state index in [0.29, 0.717) is 12.0 Å². The second-order valence-electron chi connectivity index (χ2n) is 4.43. The van der Waals surface area contributed by atoms with Gasteiger partial charge in [-0.3, -0.25) is 0 Å². The van der Waals surface area contributed by atoms with Crippen molar-refractivity contribution < 1.29 is 12.8 Å². The highest BCUT2D eigenvalue weighted by Gasteiger charge is 2.14. The highest BCUT2D eigenvalue weighted by Crippen LogP contribution is 2.14. The Bertz CT molecular complexity index is 483. The minimum atomic E-state index is -3.22. The zero-order valence-electron chi connectivity index (χ0n) is 10.1. The first-order valence-electron chi connectivity index (χ1n) is 5.51. The lowest BCUT2D eigenvalue weighted by molar-refractivity contribution is 0.586. The summed E-state index contributed by atoms with van der Waals surface area (Å²) in [6.07, 6.45) is 0.427. The summed E-state index contributed by atoms with van der Waals surface area (Å²) >= 11 is 0. The van der Waals surface area contributed by atoms with Crippen LogP contribution in [0.2, 0.25) is 0 Å². The molecule has 0 bridgehead atoms. The molecule has 3 nitrogen and oxygen atoms in total. The van der Waals surface area contributed by atoms with Gasteiger partial charge in [-0.25, -0.2) is 12.8 Å². The molecule has 1 unspecified atom stereocenters. The molecule has 2 N–H and O–H groups in total. The zero-order valence-corrected chi connectivity index (χ0v) is 10.9. The number of halogens is 1. The number of hydrogen-bond acceptors (Lipinski definition) is 3. The smallest absolute Gasteiger partial charge is 0.154 e. The topological polar surface area (TPSA) is 60.2 Å². The quantitative estimate of drug-likeness (QED) is 0.877. The lowest BCUT2D eigenvalue weighted by atomic mass is 10.1. The average Bonchev–Trinajstić information content (AvgIpc) is 2.20. The highest BCUT2D eigenvalue weighted by atomic mass is 32.2. The van der Waals surface area contributed by atoms with Crippen molar-refractivity contribution in [2.45, 2.75) is 32.1 Å². The van der Waals surface area contributed by atoms with Gasteiger partial charge in [0.1, 0.15) is 5.82 Å². The fourth-order valence-electron chi connectivity index (χ4n) is 1.47. The fourth-order valence-corrected chi connectivity index (χ4v) is 3.13. The van der Waals surface area contributed by atoms with Crippen molar-refractivity contribution in [3.63, 3.8) is 0 Å². The molecule has 0 saturated heterocycles. The van der Waals surface area contributed by atoms with Crippen LogP contribution in [-0.2, 0) is 15.6 Å². The summed E-state index contributed by atoms with van der Waals surface area (Å²) in [5, 5.41) is 0. The second kappa shape index (κ2) is 5.60. The molecule has 1 atom stereocenters. The Morgan fingerprint density at radius 1 is 1.41 bits per heavy atom. The number of benzene rings is 1. The predicted octanol–water partition coefficient (Wildman–Crippen LogP) is 1.79. The van der Waals surface area contributed by atoms with Crippen LogP contribution in [0.4, 0.5) is 4.39 Å². The number of hydrogen-bond donors (Lipinski definition) is 1. The van der Waals surface area contributed by atoms with Gasteiger partial charge in [-0.15, -0.1) is 0 Å². The summed E-state index contributed by atoms with van der Waals surface area (Å²) in [6.45, 7) is 3.54. The van der Waals surface area contributed by atoms with Crippen molar-refractivity contribution in [3.8, 4) is 0 Å². The molecule has 0 amide bonds. The van der Waals surface area contributed by atoms with Crippen molar-refractivity contribution in [1.29, 1.82) is 0 Å². The van der Waals surface area contributed by atoms with E-state index in [1.165, 1.54) is 12.1 Å². The van der Waals surface area contributed by atoms with Crippen molar-refractivity contribution in [3.05, 3.63) is 35.1 Å². The van der Waals surface area contributed by atoms with Crippen LogP contribution < -0.4 is 5.73 Å². The first-order chi connectivity index (χ1) is 7.80. The number of aryl methyl sites for hydroxylation is 1. The van der Waals surface area contributed by atoms with E-state index in [-0.39, 0.29) is 17.5 Å². The minimum Gasteiger partial charge on any atom is -0.328 e. The van der Waals surface area contributed by atoms with Gasteiger partial charge in [0.15, 0.2) is 9.84 Å². The van der Waals surface area contributed by atoms with E-state index < -0.39 is 15.7 Å². The van der Waals surface area contributed by atoms with E-state index in [1.807, 2.05) is 0 Å². The molecule has 0 heterocycles. The Hall–Kier alpha value is -0.940. The summed E-state index contributed by atoms with van der Waals surface area (Å²) in [7, 11) is -3.22. The van der Waals surface area contributed by atoms with Gasteiger partial charge >= 0.3 is 0 Å². The molecule has 0 spiro atoms. The maximum Gasteiger partial charge on any atom is 0.154 e. The molecular formula is C12H18FNO2S. The van der Waals surface area contributed by atoms with Gasteiger partial charge in [-0.05, 0) is 43.5 Å². The van der Waals surface area contributed by atoms with Crippen LogP contribution in [0, 0.1) is 12.7 Å². The van der Waals surface area contributed by atoms with E-state index in [2.05, 4.69) is 0 Å². The lowest BCUT2D eigenvalue weighted by Gasteiger charge is -2.09. The molecule has 96 valence electrons. The summed E-state index contributed by atoms with van der Waals surface area (Å²) < 4.78 is 36.6. The Kier molecular flexibility index (Phi) is 4.65. The normalized spacial score (nSPS) is 13.6. The molecule has 5 heteroatoms. The number of nitrogens with two attached hydrogens (primary N) is 1. The predicted molar refractivity (Wildman–Crippen MR) is 66.9 cm³/mol. The number of sulfone groups is 1. The monoisotopic (exact) mass is 259 g/mol. The highest BCUT2D eigenvalue weighted by molar-refractivity contribution is 7.90. The van der Waals surface area contributed by atoms with E-state index in [9.17, 15) is 12.8 Å². The first-order valence-corrected chi connectivity index (χ1v) is 7.33. The van der Waals surface area contributed by atoms with Crippen LogP contribution in [0.25, 0.3) is 0 Å². The second-order valence-corrected chi connectivity index (χ2v) is 6.61. The van der Waals surface area contributed by atoms with Crippen LogP contribution in [0.15, 0.2) is 18.2 Å². The van der Waals surface area contributed by atoms with Gasteiger partial charge in [0.25, 0.3) is 0 Å². The van der Waals surface area contributed by atoms with Crippen molar-refractivity contribution in [2.75, 3.05) is 5.75 Å². The van der Waals surface area contributed by atoms with Crippen LogP contribution in [0.3, 0.4) is 0 Å².